The second-order valence-electron chi connectivity index (χ2n) is 5.24. The molecule has 4 heteroatoms. The van der Waals surface area contributed by atoms with E-state index in [4.69, 9.17) is 0 Å². The van der Waals surface area contributed by atoms with Crippen molar-refractivity contribution in [1.29, 1.82) is 0 Å². The van der Waals surface area contributed by atoms with Crippen molar-refractivity contribution in [1.82, 2.24) is 0 Å². The fourth-order valence-corrected chi connectivity index (χ4v) is 2.36. The van der Waals surface area contributed by atoms with Gasteiger partial charge in [-0.1, -0.05) is 30.0 Å². The number of phenolic OH excluding ortho intramolecular Hbond substituents is 1. The van der Waals surface area contributed by atoms with Gasteiger partial charge < -0.3 is 5.11 Å². The van der Waals surface area contributed by atoms with Gasteiger partial charge in [0.1, 0.15) is 17.3 Å². The smallest absolute Gasteiger partial charge is 0.150 e. The molecule has 3 rings (SSSR count). The summed E-state index contributed by atoms with van der Waals surface area (Å²) in [6, 6.07) is 19.0. The normalized spacial score (nSPS) is 9.64. The van der Waals surface area contributed by atoms with Gasteiger partial charge in [0.25, 0.3) is 0 Å². The van der Waals surface area contributed by atoms with Crippen molar-refractivity contribution in [3.8, 4) is 28.7 Å². The Morgan fingerprint density at radius 2 is 1.36 bits per heavy atom. The van der Waals surface area contributed by atoms with E-state index in [0.717, 1.165) is 22.3 Å². The Morgan fingerprint density at radius 3 is 1.92 bits per heavy atom. The standard InChI is InChI=1S/C21H12FNOS/c22-20-13-18(9-12-21(20)23-14-25)17-7-3-15(4-8-17)1-2-16-5-10-19(24)11-6-16/h3-13,24H. The van der Waals surface area contributed by atoms with Crippen LogP contribution in [-0.2, 0) is 0 Å². The van der Waals surface area contributed by atoms with E-state index in [1.54, 1.807) is 36.4 Å². The van der Waals surface area contributed by atoms with Crippen LogP contribution in [0.5, 0.6) is 5.75 Å². The van der Waals surface area contributed by atoms with Crippen LogP contribution in [0.4, 0.5) is 10.1 Å². The number of hydrogen-bond acceptors (Lipinski definition) is 3. The van der Waals surface area contributed by atoms with Crippen molar-refractivity contribution >= 4 is 23.1 Å². The van der Waals surface area contributed by atoms with Crippen LogP contribution in [0.25, 0.3) is 11.1 Å². The highest BCUT2D eigenvalue weighted by Crippen LogP contribution is 2.26. The summed E-state index contributed by atoms with van der Waals surface area (Å²) in [5.41, 5.74) is 3.47. The first-order valence-electron chi connectivity index (χ1n) is 7.44. The molecule has 1 N–H and O–H groups in total. The highest BCUT2D eigenvalue weighted by atomic mass is 32.1. The quantitative estimate of drug-likeness (QED) is 0.387. The SMILES string of the molecule is Oc1ccc(C#Cc2ccc(-c3ccc(N=C=S)c(F)c3)cc2)cc1. The Balaban J connectivity index is 1.82. The topological polar surface area (TPSA) is 32.6 Å². The van der Waals surface area contributed by atoms with Crippen LogP contribution in [0.1, 0.15) is 11.1 Å². The summed E-state index contributed by atoms with van der Waals surface area (Å²) in [6.07, 6.45) is 0. The molecule has 120 valence electrons. The van der Waals surface area contributed by atoms with Gasteiger partial charge in [-0.3, -0.25) is 0 Å². The zero-order valence-corrected chi connectivity index (χ0v) is 13.8. The van der Waals surface area contributed by atoms with Crippen molar-refractivity contribution in [2.75, 3.05) is 0 Å². The molecule has 0 aliphatic rings. The molecule has 0 fully saturated rings. The van der Waals surface area contributed by atoms with Gasteiger partial charge in [0, 0.05) is 11.1 Å². The average Bonchev–Trinajstić information content (AvgIpc) is 2.63. The van der Waals surface area contributed by atoms with Crippen molar-refractivity contribution in [3.05, 3.63) is 83.7 Å². The summed E-state index contributed by atoms with van der Waals surface area (Å²) >= 11 is 4.49. The molecule has 3 aromatic rings. The average molecular weight is 345 g/mol. The Hall–Kier alpha value is -3.25. The molecule has 0 aromatic heterocycles. The van der Waals surface area contributed by atoms with Gasteiger partial charge in [0.15, 0.2) is 0 Å². The molecular formula is C21H12FNOS. The van der Waals surface area contributed by atoms with Gasteiger partial charge >= 0.3 is 0 Å². The third-order valence-corrected chi connectivity index (χ3v) is 3.64. The van der Waals surface area contributed by atoms with E-state index < -0.39 is 5.82 Å². The van der Waals surface area contributed by atoms with Crippen molar-refractivity contribution < 1.29 is 9.50 Å². The Morgan fingerprint density at radius 1 is 0.800 bits per heavy atom. The number of aliphatic imine (C=N–C) groups is 1. The number of hydrogen-bond donors (Lipinski definition) is 1. The van der Waals surface area contributed by atoms with Crippen molar-refractivity contribution in [2.24, 2.45) is 4.99 Å². The van der Waals surface area contributed by atoms with Crippen LogP contribution in [0.3, 0.4) is 0 Å². The zero-order valence-electron chi connectivity index (χ0n) is 13.0. The van der Waals surface area contributed by atoms with Gasteiger partial charge in [-0.2, -0.15) is 4.99 Å². The number of benzene rings is 3. The maximum atomic E-state index is 13.9. The van der Waals surface area contributed by atoms with E-state index in [-0.39, 0.29) is 11.4 Å². The van der Waals surface area contributed by atoms with E-state index in [1.165, 1.54) is 6.07 Å². The predicted octanol–water partition coefficient (Wildman–Crippen LogP) is 5.33. The minimum Gasteiger partial charge on any atom is -0.508 e. The maximum Gasteiger partial charge on any atom is 0.150 e. The van der Waals surface area contributed by atoms with Gasteiger partial charge in [-0.05, 0) is 71.9 Å². The van der Waals surface area contributed by atoms with Crippen LogP contribution in [0.15, 0.2) is 71.7 Å². The predicted molar refractivity (Wildman–Crippen MR) is 101 cm³/mol. The summed E-state index contributed by atoms with van der Waals surface area (Å²) < 4.78 is 13.9. The van der Waals surface area contributed by atoms with Crippen molar-refractivity contribution in [3.63, 3.8) is 0 Å². The van der Waals surface area contributed by atoms with Crippen LogP contribution in [-0.4, -0.2) is 10.3 Å². The van der Waals surface area contributed by atoms with Gasteiger partial charge in [0.05, 0.1) is 5.16 Å². The fourth-order valence-electron chi connectivity index (χ4n) is 2.26. The van der Waals surface area contributed by atoms with E-state index in [9.17, 15) is 9.50 Å². The molecule has 0 unspecified atom stereocenters. The summed E-state index contributed by atoms with van der Waals surface area (Å²) in [4.78, 5) is 3.67. The Labute approximate surface area is 150 Å². The van der Waals surface area contributed by atoms with Gasteiger partial charge in [0.2, 0.25) is 0 Å². The first-order valence-corrected chi connectivity index (χ1v) is 7.85. The fraction of sp³-hybridized carbons (Fsp3) is 0. The molecule has 0 saturated carbocycles. The number of rotatable bonds is 2. The molecule has 0 aliphatic heterocycles. The lowest BCUT2D eigenvalue weighted by atomic mass is 10.0. The molecule has 0 saturated heterocycles. The monoisotopic (exact) mass is 345 g/mol. The number of aromatic hydroxyl groups is 1. The third-order valence-electron chi connectivity index (χ3n) is 3.55. The lowest BCUT2D eigenvalue weighted by Gasteiger charge is -2.03. The number of thiocarbonyl (C=S) groups is 1. The molecule has 0 spiro atoms. The summed E-state index contributed by atoms with van der Waals surface area (Å²) in [7, 11) is 0. The van der Waals surface area contributed by atoms with Crippen LogP contribution in [0.2, 0.25) is 0 Å². The van der Waals surface area contributed by atoms with E-state index in [1.807, 2.05) is 24.3 Å². The maximum absolute atomic E-state index is 13.9. The minimum absolute atomic E-state index is 0.176. The van der Waals surface area contributed by atoms with E-state index in [2.05, 4.69) is 34.2 Å². The molecule has 2 nitrogen and oxygen atoms in total. The Kier molecular flexibility index (Phi) is 5.01. The highest BCUT2D eigenvalue weighted by molar-refractivity contribution is 7.78. The molecule has 3 aromatic carbocycles. The van der Waals surface area contributed by atoms with E-state index >= 15 is 0 Å². The summed E-state index contributed by atoms with van der Waals surface area (Å²) in [6.45, 7) is 0. The molecule has 0 aliphatic carbocycles. The number of phenols is 1. The van der Waals surface area contributed by atoms with E-state index in [0.29, 0.717) is 0 Å². The molecule has 0 bridgehead atoms. The van der Waals surface area contributed by atoms with Crippen LogP contribution < -0.4 is 0 Å². The van der Waals surface area contributed by atoms with Crippen molar-refractivity contribution in [2.45, 2.75) is 0 Å². The Bertz CT molecular complexity index is 1010. The molecule has 0 amide bonds. The molecule has 25 heavy (non-hydrogen) atoms. The minimum atomic E-state index is -0.439. The van der Waals surface area contributed by atoms with Gasteiger partial charge in [-0.25, -0.2) is 4.39 Å². The number of halogens is 1. The second kappa shape index (κ2) is 7.55. The summed E-state index contributed by atoms with van der Waals surface area (Å²) in [5, 5.41) is 11.4. The van der Waals surface area contributed by atoms with Crippen LogP contribution in [0, 0.1) is 17.7 Å². The molecular weight excluding hydrogens is 333 g/mol. The number of nitrogens with zero attached hydrogens (tertiary/aromatic N) is 1. The highest BCUT2D eigenvalue weighted by Gasteiger charge is 2.04. The first-order chi connectivity index (χ1) is 12.2. The van der Waals surface area contributed by atoms with Gasteiger partial charge in [-0.15, -0.1) is 0 Å². The lowest BCUT2D eigenvalue weighted by Crippen LogP contribution is -1.82. The first kappa shape index (κ1) is 16.6. The summed E-state index contributed by atoms with van der Waals surface area (Å²) in [5.74, 6) is 5.86. The third kappa shape index (κ3) is 4.19. The molecule has 0 atom stereocenters. The largest absolute Gasteiger partial charge is 0.508 e. The second-order valence-corrected chi connectivity index (χ2v) is 5.43. The number of isothiocyanates is 1. The lowest BCUT2D eigenvalue weighted by molar-refractivity contribution is 0.475. The molecule has 0 radical (unpaired) electrons. The van der Waals surface area contributed by atoms with Crippen LogP contribution >= 0.6 is 12.2 Å². The molecule has 0 heterocycles. The zero-order chi connectivity index (χ0) is 17.6.